The molecule has 0 unspecified atom stereocenters. The molecule has 5 nitrogen and oxygen atoms in total. The van der Waals surface area contributed by atoms with Crippen molar-refractivity contribution in [1.29, 1.82) is 0 Å². The topological polar surface area (TPSA) is 70.5 Å². The fraction of sp³-hybridized carbons (Fsp3) is 0.267. The Kier molecular flexibility index (Phi) is 4.30. The largest absolute Gasteiger partial charge is 0.480 e. The lowest BCUT2D eigenvalue weighted by Gasteiger charge is -2.20. The molecule has 1 aromatic carbocycles. The molecule has 104 valence electrons. The normalized spacial score (nSPS) is 10.4. The van der Waals surface area contributed by atoms with Gasteiger partial charge in [-0.1, -0.05) is 19.1 Å². The Hall–Kier alpha value is -2.43. The zero-order valence-electron chi connectivity index (χ0n) is 11.2. The predicted octanol–water partition coefficient (Wildman–Crippen LogP) is 2.17. The second-order valence-electron chi connectivity index (χ2n) is 4.50. The summed E-state index contributed by atoms with van der Waals surface area (Å²) >= 11 is 0. The van der Waals surface area contributed by atoms with Gasteiger partial charge in [-0.3, -0.25) is 14.6 Å². The highest BCUT2D eigenvalue weighted by Gasteiger charge is 2.19. The number of hydrogen-bond donors (Lipinski definition) is 1. The number of pyridine rings is 1. The molecule has 0 aliphatic heterocycles. The molecular weight excluding hydrogens is 256 g/mol. The molecule has 1 N–H and O–H groups in total. The summed E-state index contributed by atoms with van der Waals surface area (Å²) in [5, 5.41) is 9.66. The first-order valence-electron chi connectivity index (χ1n) is 6.48. The first-order chi connectivity index (χ1) is 9.63. The number of carbonyl (C=O) groups is 2. The van der Waals surface area contributed by atoms with Gasteiger partial charge in [0.05, 0.1) is 5.52 Å². The molecule has 1 amide bonds. The van der Waals surface area contributed by atoms with Crippen LogP contribution in [0.1, 0.15) is 23.7 Å². The van der Waals surface area contributed by atoms with Gasteiger partial charge in [-0.05, 0) is 24.6 Å². The summed E-state index contributed by atoms with van der Waals surface area (Å²) in [7, 11) is 0. The van der Waals surface area contributed by atoms with Crippen LogP contribution >= 0.6 is 0 Å². The van der Waals surface area contributed by atoms with E-state index in [1.165, 1.54) is 4.90 Å². The zero-order valence-corrected chi connectivity index (χ0v) is 11.2. The van der Waals surface area contributed by atoms with E-state index in [1.807, 2.05) is 19.1 Å². The van der Waals surface area contributed by atoms with Crippen molar-refractivity contribution in [2.75, 3.05) is 13.1 Å². The number of amides is 1. The minimum Gasteiger partial charge on any atom is -0.480 e. The van der Waals surface area contributed by atoms with E-state index in [1.54, 1.807) is 24.4 Å². The fourth-order valence-corrected chi connectivity index (χ4v) is 2.15. The van der Waals surface area contributed by atoms with Gasteiger partial charge in [0, 0.05) is 23.7 Å². The molecule has 1 heterocycles. The molecule has 20 heavy (non-hydrogen) atoms. The highest BCUT2D eigenvalue weighted by atomic mass is 16.4. The summed E-state index contributed by atoms with van der Waals surface area (Å²) in [6.45, 7) is 2.04. The molecule has 0 aliphatic rings. The Labute approximate surface area is 116 Å². The second kappa shape index (κ2) is 6.14. The number of aliphatic carboxylic acids is 1. The van der Waals surface area contributed by atoms with Crippen molar-refractivity contribution < 1.29 is 14.7 Å². The summed E-state index contributed by atoms with van der Waals surface area (Å²) in [4.78, 5) is 29.0. The lowest BCUT2D eigenvalue weighted by molar-refractivity contribution is -0.137. The van der Waals surface area contributed by atoms with Gasteiger partial charge in [0.1, 0.15) is 6.54 Å². The molecule has 0 fully saturated rings. The number of fused-ring (bicyclic) bond motifs is 1. The maximum Gasteiger partial charge on any atom is 0.323 e. The third-order valence-electron chi connectivity index (χ3n) is 2.98. The van der Waals surface area contributed by atoms with Crippen molar-refractivity contribution in [2.24, 2.45) is 0 Å². The van der Waals surface area contributed by atoms with Crippen LogP contribution in [0.3, 0.4) is 0 Å². The van der Waals surface area contributed by atoms with Crippen molar-refractivity contribution in [3.8, 4) is 0 Å². The van der Waals surface area contributed by atoms with Crippen molar-refractivity contribution in [1.82, 2.24) is 9.88 Å². The SMILES string of the molecule is CCCN(CC(=O)O)C(=O)c1cccc2ncccc12. The van der Waals surface area contributed by atoms with E-state index in [0.29, 0.717) is 18.5 Å². The van der Waals surface area contributed by atoms with Crippen molar-refractivity contribution >= 4 is 22.8 Å². The van der Waals surface area contributed by atoms with E-state index in [-0.39, 0.29) is 12.5 Å². The van der Waals surface area contributed by atoms with Gasteiger partial charge in [-0.25, -0.2) is 0 Å². The zero-order chi connectivity index (χ0) is 14.5. The highest BCUT2D eigenvalue weighted by Crippen LogP contribution is 2.18. The average Bonchev–Trinajstić information content (AvgIpc) is 2.45. The third-order valence-corrected chi connectivity index (χ3v) is 2.98. The second-order valence-corrected chi connectivity index (χ2v) is 4.50. The molecule has 2 rings (SSSR count). The van der Waals surface area contributed by atoms with E-state index in [0.717, 1.165) is 10.9 Å². The van der Waals surface area contributed by atoms with E-state index >= 15 is 0 Å². The number of aromatic nitrogens is 1. The van der Waals surface area contributed by atoms with Gasteiger partial charge >= 0.3 is 5.97 Å². The maximum atomic E-state index is 12.5. The Morgan fingerprint density at radius 2 is 2.05 bits per heavy atom. The van der Waals surface area contributed by atoms with Crippen molar-refractivity contribution in [2.45, 2.75) is 13.3 Å². The first kappa shape index (κ1) is 14.0. The number of rotatable bonds is 5. The smallest absolute Gasteiger partial charge is 0.323 e. The van der Waals surface area contributed by atoms with E-state index in [4.69, 9.17) is 5.11 Å². The van der Waals surface area contributed by atoms with Gasteiger partial charge in [0.15, 0.2) is 0 Å². The number of nitrogens with zero attached hydrogens (tertiary/aromatic N) is 2. The fourth-order valence-electron chi connectivity index (χ4n) is 2.15. The van der Waals surface area contributed by atoms with Crippen LogP contribution in [0.4, 0.5) is 0 Å². The molecule has 0 saturated carbocycles. The van der Waals surface area contributed by atoms with Crippen LogP contribution in [0.5, 0.6) is 0 Å². The molecule has 1 aromatic heterocycles. The predicted molar refractivity (Wildman–Crippen MR) is 75.6 cm³/mol. The molecule has 0 bridgehead atoms. The van der Waals surface area contributed by atoms with Crippen LogP contribution in [-0.2, 0) is 4.79 Å². The Morgan fingerprint density at radius 3 is 2.75 bits per heavy atom. The minimum atomic E-state index is -1.01. The molecule has 0 radical (unpaired) electrons. The van der Waals surface area contributed by atoms with E-state index < -0.39 is 5.97 Å². The minimum absolute atomic E-state index is 0.271. The lowest BCUT2D eigenvalue weighted by atomic mass is 10.1. The maximum absolute atomic E-state index is 12.5. The van der Waals surface area contributed by atoms with Crippen LogP contribution in [-0.4, -0.2) is 40.0 Å². The van der Waals surface area contributed by atoms with Crippen LogP contribution in [0.15, 0.2) is 36.5 Å². The average molecular weight is 272 g/mol. The first-order valence-corrected chi connectivity index (χ1v) is 6.48. The number of hydrogen-bond acceptors (Lipinski definition) is 3. The lowest BCUT2D eigenvalue weighted by Crippen LogP contribution is -2.36. The Bertz CT molecular complexity index is 635. The monoisotopic (exact) mass is 272 g/mol. The summed E-state index contributed by atoms with van der Waals surface area (Å²) in [5.41, 5.74) is 1.22. The molecule has 0 atom stereocenters. The van der Waals surface area contributed by atoms with E-state index in [2.05, 4.69) is 4.98 Å². The standard InChI is InChI=1S/C15H16N2O3/c1-2-9-17(10-14(18)19)15(20)12-5-3-7-13-11(12)6-4-8-16-13/h3-8H,2,9-10H2,1H3,(H,18,19). The molecule has 2 aromatic rings. The molecular formula is C15H16N2O3. The summed E-state index contributed by atoms with van der Waals surface area (Å²) < 4.78 is 0. The van der Waals surface area contributed by atoms with Crippen molar-refractivity contribution in [3.05, 3.63) is 42.1 Å². The van der Waals surface area contributed by atoms with Crippen LogP contribution in [0.25, 0.3) is 10.9 Å². The van der Waals surface area contributed by atoms with E-state index in [9.17, 15) is 9.59 Å². The number of carboxylic acid groups (broad SMARTS) is 1. The third kappa shape index (κ3) is 2.93. The van der Waals surface area contributed by atoms with Gasteiger partial charge in [-0.15, -0.1) is 0 Å². The van der Waals surface area contributed by atoms with Gasteiger partial charge in [0.25, 0.3) is 5.91 Å². The summed E-state index contributed by atoms with van der Waals surface area (Å²) in [5.74, 6) is -1.28. The Morgan fingerprint density at radius 1 is 1.25 bits per heavy atom. The van der Waals surface area contributed by atoms with Gasteiger partial charge in [-0.2, -0.15) is 0 Å². The van der Waals surface area contributed by atoms with Crippen LogP contribution in [0.2, 0.25) is 0 Å². The van der Waals surface area contributed by atoms with Gasteiger partial charge < -0.3 is 10.0 Å². The molecule has 5 heteroatoms. The summed E-state index contributed by atoms with van der Waals surface area (Å²) in [6, 6.07) is 8.87. The van der Waals surface area contributed by atoms with Crippen molar-refractivity contribution in [3.63, 3.8) is 0 Å². The number of benzene rings is 1. The van der Waals surface area contributed by atoms with Crippen LogP contribution < -0.4 is 0 Å². The Balaban J connectivity index is 2.40. The molecule has 0 saturated heterocycles. The summed E-state index contributed by atoms with van der Waals surface area (Å²) in [6.07, 6.45) is 2.37. The highest BCUT2D eigenvalue weighted by molar-refractivity contribution is 6.06. The molecule has 0 spiro atoms. The number of carbonyl (C=O) groups excluding carboxylic acids is 1. The van der Waals surface area contributed by atoms with Crippen LogP contribution in [0, 0.1) is 0 Å². The van der Waals surface area contributed by atoms with Gasteiger partial charge in [0.2, 0.25) is 0 Å². The quantitative estimate of drug-likeness (QED) is 0.905. The number of carboxylic acids is 1. The molecule has 0 aliphatic carbocycles.